The molecule has 0 aliphatic carbocycles. The molecule has 0 fully saturated rings. The maximum Gasteiger partial charge on any atom is 0.256 e. The molecule has 0 aliphatic rings. The highest BCUT2D eigenvalue weighted by molar-refractivity contribution is 6.33. The van der Waals surface area contributed by atoms with Crippen molar-refractivity contribution in [2.24, 2.45) is 0 Å². The molecule has 18 heavy (non-hydrogen) atoms. The third-order valence-corrected chi connectivity index (χ3v) is 2.55. The number of hydrogen-bond acceptors (Lipinski definition) is 3. The molecular weight excluding hydrogens is 250 g/mol. The van der Waals surface area contributed by atoms with Gasteiger partial charge in [0, 0.05) is 11.8 Å². The van der Waals surface area contributed by atoms with E-state index in [9.17, 15) is 4.79 Å². The van der Waals surface area contributed by atoms with Gasteiger partial charge in [0.25, 0.3) is 5.91 Å². The van der Waals surface area contributed by atoms with Gasteiger partial charge < -0.3 is 5.32 Å². The third-order valence-electron chi connectivity index (χ3n) is 2.24. The van der Waals surface area contributed by atoms with E-state index in [-0.39, 0.29) is 5.91 Å². The molecule has 0 saturated heterocycles. The highest BCUT2D eigenvalue weighted by Gasteiger charge is 2.09. The Balaban J connectivity index is 2.23. The molecule has 0 aliphatic heterocycles. The summed E-state index contributed by atoms with van der Waals surface area (Å²) in [7, 11) is 0. The number of amides is 1. The minimum absolute atomic E-state index is 0.298. The smallest absolute Gasteiger partial charge is 0.256 e. The molecular formula is C13H8ClN3O. The average molecular weight is 258 g/mol. The fourth-order valence-electron chi connectivity index (χ4n) is 1.39. The number of carbonyl (C=O) groups excluding carboxylic acids is 1. The van der Waals surface area contributed by atoms with Gasteiger partial charge in [-0.3, -0.25) is 4.79 Å². The van der Waals surface area contributed by atoms with Crippen molar-refractivity contribution in [3.63, 3.8) is 0 Å². The predicted molar refractivity (Wildman–Crippen MR) is 68.4 cm³/mol. The van der Waals surface area contributed by atoms with Gasteiger partial charge in [0.2, 0.25) is 0 Å². The maximum absolute atomic E-state index is 11.9. The van der Waals surface area contributed by atoms with Crippen molar-refractivity contribution in [3.05, 3.63) is 58.7 Å². The first-order chi connectivity index (χ1) is 8.70. The molecule has 0 atom stereocenters. The zero-order valence-corrected chi connectivity index (χ0v) is 9.98. The number of aromatic nitrogens is 1. The van der Waals surface area contributed by atoms with Crippen LogP contribution in [0.4, 0.5) is 5.82 Å². The predicted octanol–water partition coefficient (Wildman–Crippen LogP) is 2.86. The van der Waals surface area contributed by atoms with E-state index in [1.807, 2.05) is 6.07 Å². The van der Waals surface area contributed by atoms with Gasteiger partial charge in [0.05, 0.1) is 16.7 Å². The van der Waals surface area contributed by atoms with E-state index in [4.69, 9.17) is 16.9 Å². The van der Waals surface area contributed by atoms with Gasteiger partial charge >= 0.3 is 0 Å². The quantitative estimate of drug-likeness (QED) is 0.900. The number of carbonyl (C=O) groups is 1. The molecule has 2 rings (SSSR count). The molecule has 4 nitrogen and oxygen atoms in total. The van der Waals surface area contributed by atoms with Crippen LogP contribution >= 0.6 is 11.6 Å². The topological polar surface area (TPSA) is 65.8 Å². The minimum atomic E-state index is -0.354. The van der Waals surface area contributed by atoms with E-state index in [2.05, 4.69) is 10.3 Å². The first-order valence-electron chi connectivity index (χ1n) is 5.13. The number of pyridine rings is 1. The van der Waals surface area contributed by atoms with E-state index < -0.39 is 0 Å². The standard InChI is InChI=1S/C13H8ClN3O/c14-11-5-2-6-16-12(11)17-13(18)10-4-1-3-9(7-10)8-15/h1-7H,(H,16,17,18). The summed E-state index contributed by atoms with van der Waals surface area (Å²) in [5.41, 5.74) is 0.811. The van der Waals surface area contributed by atoms with Crippen LogP contribution in [0.2, 0.25) is 5.02 Å². The van der Waals surface area contributed by atoms with Crippen LogP contribution in [-0.2, 0) is 0 Å². The second-order valence-electron chi connectivity index (χ2n) is 3.48. The molecule has 1 amide bonds. The van der Waals surface area contributed by atoms with Crippen molar-refractivity contribution < 1.29 is 4.79 Å². The lowest BCUT2D eigenvalue weighted by molar-refractivity contribution is 0.102. The fraction of sp³-hybridized carbons (Fsp3) is 0. The summed E-state index contributed by atoms with van der Waals surface area (Å²) in [6.07, 6.45) is 1.53. The number of halogens is 1. The number of hydrogen-bond donors (Lipinski definition) is 1. The molecule has 1 N–H and O–H groups in total. The van der Waals surface area contributed by atoms with Crippen LogP contribution in [0.15, 0.2) is 42.6 Å². The van der Waals surface area contributed by atoms with Gasteiger partial charge in [0.1, 0.15) is 0 Å². The van der Waals surface area contributed by atoms with Crippen LogP contribution in [0.5, 0.6) is 0 Å². The second-order valence-corrected chi connectivity index (χ2v) is 3.89. The molecule has 0 spiro atoms. The van der Waals surface area contributed by atoms with E-state index in [0.717, 1.165) is 0 Å². The number of anilines is 1. The molecule has 1 aromatic carbocycles. The zero-order valence-electron chi connectivity index (χ0n) is 9.22. The third kappa shape index (κ3) is 2.65. The Morgan fingerprint density at radius 1 is 1.33 bits per heavy atom. The number of nitriles is 1. The Bertz CT molecular complexity index is 634. The van der Waals surface area contributed by atoms with E-state index >= 15 is 0 Å². The summed E-state index contributed by atoms with van der Waals surface area (Å²) < 4.78 is 0. The molecule has 1 heterocycles. The van der Waals surface area contributed by atoms with Crippen molar-refractivity contribution in [2.75, 3.05) is 5.32 Å². The molecule has 5 heteroatoms. The Hall–Kier alpha value is -2.38. The summed E-state index contributed by atoms with van der Waals surface area (Å²) in [5.74, 6) is -0.0563. The molecule has 88 valence electrons. The fourth-order valence-corrected chi connectivity index (χ4v) is 1.56. The molecule has 0 unspecified atom stereocenters. The van der Waals surface area contributed by atoms with Gasteiger partial charge in [-0.25, -0.2) is 4.98 Å². The first-order valence-corrected chi connectivity index (χ1v) is 5.50. The summed E-state index contributed by atoms with van der Waals surface area (Å²) in [6.45, 7) is 0. The van der Waals surface area contributed by atoms with Crippen LogP contribution in [0, 0.1) is 11.3 Å². The van der Waals surface area contributed by atoms with Gasteiger partial charge in [-0.1, -0.05) is 17.7 Å². The number of nitrogens with zero attached hydrogens (tertiary/aromatic N) is 2. The Labute approximate surface area is 109 Å². The van der Waals surface area contributed by atoms with E-state index in [1.165, 1.54) is 12.3 Å². The van der Waals surface area contributed by atoms with Crippen LogP contribution in [0.25, 0.3) is 0 Å². The zero-order chi connectivity index (χ0) is 13.0. The summed E-state index contributed by atoms with van der Waals surface area (Å²) in [5, 5.41) is 11.7. The van der Waals surface area contributed by atoms with Crippen molar-refractivity contribution in [1.29, 1.82) is 5.26 Å². The largest absolute Gasteiger partial charge is 0.305 e. The van der Waals surface area contributed by atoms with E-state index in [1.54, 1.807) is 30.3 Å². The lowest BCUT2D eigenvalue weighted by Gasteiger charge is -2.05. The summed E-state index contributed by atoms with van der Waals surface area (Å²) >= 11 is 5.88. The summed E-state index contributed by atoms with van der Waals surface area (Å²) in [4.78, 5) is 15.9. The normalized spacial score (nSPS) is 9.56. The highest BCUT2D eigenvalue weighted by atomic mass is 35.5. The lowest BCUT2D eigenvalue weighted by Crippen LogP contribution is -2.13. The van der Waals surface area contributed by atoms with Crippen LogP contribution in [0.1, 0.15) is 15.9 Å². The molecule has 1 aromatic heterocycles. The monoisotopic (exact) mass is 257 g/mol. The number of benzene rings is 1. The second kappa shape index (κ2) is 5.30. The molecule has 0 bridgehead atoms. The first kappa shape index (κ1) is 12.1. The Morgan fingerprint density at radius 3 is 2.89 bits per heavy atom. The van der Waals surface area contributed by atoms with Crippen molar-refractivity contribution in [2.45, 2.75) is 0 Å². The van der Waals surface area contributed by atoms with Crippen LogP contribution < -0.4 is 5.32 Å². The van der Waals surface area contributed by atoms with E-state index in [0.29, 0.717) is 22.0 Å². The highest BCUT2D eigenvalue weighted by Crippen LogP contribution is 2.18. The number of rotatable bonds is 2. The Kier molecular flexibility index (Phi) is 3.56. The van der Waals surface area contributed by atoms with Gasteiger partial charge in [0.15, 0.2) is 5.82 Å². The average Bonchev–Trinajstić information content (AvgIpc) is 2.41. The molecule has 0 saturated carbocycles. The minimum Gasteiger partial charge on any atom is -0.305 e. The number of nitrogens with one attached hydrogen (secondary N) is 1. The van der Waals surface area contributed by atoms with Crippen LogP contribution in [-0.4, -0.2) is 10.9 Å². The van der Waals surface area contributed by atoms with Crippen molar-refractivity contribution in [3.8, 4) is 6.07 Å². The molecule has 0 radical (unpaired) electrons. The van der Waals surface area contributed by atoms with Gasteiger partial charge in [-0.05, 0) is 30.3 Å². The van der Waals surface area contributed by atoms with Crippen molar-refractivity contribution >= 4 is 23.3 Å². The van der Waals surface area contributed by atoms with Crippen molar-refractivity contribution in [1.82, 2.24) is 4.98 Å². The van der Waals surface area contributed by atoms with Gasteiger partial charge in [-0.2, -0.15) is 5.26 Å². The maximum atomic E-state index is 11.9. The summed E-state index contributed by atoms with van der Waals surface area (Å²) in [6, 6.07) is 11.7. The van der Waals surface area contributed by atoms with Crippen LogP contribution in [0.3, 0.4) is 0 Å². The van der Waals surface area contributed by atoms with Gasteiger partial charge in [-0.15, -0.1) is 0 Å². The Morgan fingerprint density at radius 2 is 2.17 bits per heavy atom. The lowest BCUT2D eigenvalue weighted by atomic mass is 10.1. The SMILES string of the molecule is N#Cc1cccc(C(=O)Nc2ncccc2Cl)c1. The molecule has 2 aromatic rings.